The third-order valence-electron chi connectivity index (χ3n) is 4.07. The Hall–Kier alpha value is -3.35. The number of anilines is 1. The molecule has 0 bridgehead atoms. The number of hydrogen-bond donors (Lipinski definition) is 0. The van der Waals surface area contributed by atoms with E-state index in [1.807, 2.05) is 0 Å². The first-order valence-electron chi connectivity index (χ1n) is 8.43. The Morgan fingerprint density at radius 2 is 1.96 bits per heavy atom. The van der Waals surface area contributed by atoms with E-state index in [0.717, 1.165) is 0 Å². The first kappa shape index (κ1) is 18.4. The van der Waals surface area contributed by atoms with E-state index in [-0.39, 0.29) is 32.1 Å². The lowest BCUT2D eigenvalue weighted by Crippen LogP contribution is -2.36. The maximum Gasteiger partial charge on any atom is 0.337 e. The lowest BCUT2D eigenvalue weighted by atomic mass is 10.1. The van der Waals surface area contributed by atoms with E-state index in [1.165, 1.54) is 12.0 Å². The summed E-state index contributed by atoms with van der Waals surface area (Å²) in [5.41, 5.74) is 1.57. The van der Waals surface area contributed by atoms with Gasteiger partial charge in [0.1, 0.15) is 18.9 Å². The van der Waals surface area contributed by atoms with E-state index in [9.17, 15) is 14.4 Å². The van der Waals surface area contributed by atoms with E-state index >= 15 is 0 Å². The SMILES string of the molecule is COC(=O)c1cccc(COC(=O)CN2C(=O)CCOc3ccccc32)c1. The van der Waals surface area contributed by atoms with E-state index in [0.29, 0.717) is 22.6 Å². The molecule has 0 radical (unpaired) electrons. The lowest BCUT2D eigenvalue weighted by molar-refractivity contribution is -0.144. The lowest BCUT2D eigenvalue weighted by Gasteiger charge is -2.20. The van der Waals surface area contributed by atoms with Crippen LogP contribution in [0.5, 0.6) is 5.75 Å². The number of ether oxygens (including phenoxy) is 3. The van der Waals surface area contributed by atoms with Crippen molar-refractivity contribution in [1.82, 2.24) is 0 Å². The molecule has 1 heterocycles. The quantitative estimate of drug-likeness (QED) is 0.753. The van der Waals surface area contributed by atoms with E-state index < -0.39 is 11.9 Å². The molecule has 140 valence electrons. The highest BCUT2D eigenvalue weighted by molar-refractivity contribution is 5.99. The third kappa shape index (κ3) is 4.44. The molecule has 27 heavy (non-hydrogen) atoms. The summed E-state index contributed by atoms with van der Waals surface area (Å²) in [5, 5.41) is 0. The van der Waals surface area contributed by atoms with Crippen molar-refractivity contribution in [2.45, 2.75) is 13.0 Å². The molecule has 7 nitrogen and oxygen atoms in total. The molecule has 0 aliphatic carbocycles. The minimum atomic E-state index is -0.552. The Bertz CT molecular complexity index is 863. The number of rotatable bonds is 5. The van der Waals surface area contributed by atoms with Crippen LogP contribution in [-0.4, -0.2) is 38.1 Å². The molecule has 0 unspecified atom stereocenters. The van der Waals surface area contributed by atoms with Gasteiger partial charge in [-0.1, -0.05) is 24.3 Å². The van der Waals surface area contributed by atoms with Crippen molar-refractivity contribution in [3.8, 4) is 5.75 Å². The van der Waals surface area contributed by atoms with Crippen molar-refractivity contribution in [3.05, 3.63) is 59.7 Å². The van der Waals surface area contributed by atoms with E-state index in [4.69, 9.17) is 9.47 Å². The summed E-state index contributed by atoms with van der Waals surface area (Å²) in [7, 11) is 1.30. The Morgan fingerprint density at radius 1 is 1.15 bits per heavy atom. The van der Waals surface area contributed by atoms with Crippen LogP contribution in [0.3, 0.4) is 0 Å². The Kier molecular flexibility index (Phi) is 5.71. The molecule has 0 aromatic heterocycles. The summed E-state index contributed by atoms with van der Waals surface area (Å²) < 4.78 is 15.5. The number of carbonyl (C=O) groups excluding carboxylic acids is 3. The van der Waals surface area contributed by atoms with Crippen LogP contribution >= 0.6 is 0 Å². The Morgan fingerprint density at radius 3 is 2.78 bits per heavy atom. The third-order valence-corrected chi connectivity index (χ3v) is 4.07. The maximum absolute atomic E-state index is 12.3. The zero-order valence-electron chi connectivity index (χ0n) is 14.8. The van der Waals surface area contributed by atoms with Gasteiger partial charge in [0.25, 0.3) is 0 Å². The number of carbonyl (C=O) groups is 3. The number of benzene rings is 2. The van der Waals surface area contributed by atoms with Crippen LogP contribution in [-0.2, 0) is 25.7 Å². The van der Waals surface area contributed by atoms with Gasteiger partial charge in [-0.05, 0) is 29.8 Å². The highest BCUT2D eigenvalue weighted by atomic mass is 16.5. The van der Waals surface area contributed by atoms with Gasteiger partial charge >= 0.3 is 11.9 Å². The maximum atomic E-state index is 12.3. The predicted molar refractivity (Wildman–Crippen MR) is 96.5 cm³/mol. The number of methoxy groups -OCH3 is 1. The molecule has 0 fully saturated rings. The van der Waals surface area contributed by atoms with Crippen molar-refractivity contribution in [1.29, 1.82) is 0 Å². The molecule has 0 saturated carbocycles. The van der Waals surface area contributed by atoms with Crippen LogP contribution in [0, 0.1) is 0 Å². The molecule has 0 N–H and O–H groups in total. The molecule has 3 rings (SSSR count). The molecule has 2 aromatic rings. The van der Waals surface area contributed by atoms with Gasteiger partial charge in [-0.15, -0.1) is 0 Å². The second kappa shape index (κ2) is 8.35. The van der Waals surface area contributed by atoms with Crippen molar-refractivity contribution < 1.29 is 28.6 Å². The molecular weight excluding hydrogens is 350 g/mol. The number of fused-ring (bicyclic) bond motifs is 1. The van der Waals surface area contributed by atoms with Crippen LogP contribution in [0.4, 0.5) is 5.69 Å². The largest absolute Gasteiger partial charge is 0.491 e. The number of esters is 2. The van der Waals surface area contributed by atoms with Gasteiger partial charge < -0.3 is 14.2 Å². The van der Waals surface area contributed by atoms with Crippen LogP contribution in [0.25, 0.3) is 0 Å². The predicted octanol–water partition coefficient (Wildman–Crippen LogP) is 2.33. The normalized spacial score (nSPS) is 13.2. The van der Waals surface area contributed by atoms with Crippen LogP contribution in [0.1, 0.15) is 22.3 Å². The first-order valence-corrected chi connectivity index (χ1v) is 8.43. The molecule has 0 atom stereocenters. The summed E-state index contributed by atoms with van der Waals surface area (Å²) >= 11 is 0. The molecule has 1 amide bonds. The van der Waals surface area contributed by atoms with Crippen LogP contribution in [0.2, 0.25) is 0 Å². The number of hydrogen-bond acceptors (Lipinski definition) is 6. The highest BCUT2D eigenvalue weighted by Crippen LogP contribution is 2.30. The van der Waals surface area contributed by atoms with E-state index in [2.05, 4.69) is 4.74 Å². The van der Waals surface area contributed by atoms with Gasteiger partial charge in [0.15, 0.2) is 0 Å². The number of para-hydroxylation sites is 2. The molecule has 1 aliphatic heterocycles. The number of amides is 1. The van der Waals surface area contributed by atoms with Crippen molar-refractivity contribution in [2.24, 2.45) is 0 Å². The minimum Gasteiger partial charge on any atom is -0.491 e. The summed E-state index contributed by atoms with van der Waals surface area (Å²) in [6.07, 6.45) is 0.184. The monoisotopic (exact) mass is 369 g/mol. The zero-order chi connectivity index (χ0) is 19.2. The molecular formula is C20H19NO6. The van der Waals surface area contributed by atoms with Gasteiger partial charge in [-0.3, -0.25) is 14.5 Å². The average molecular weight is 369 g/mol. The average Bonchev–Trinajstić information content (AvgIpc) is 2.85. The van der Waals surface area contributed by atoms with Crippen molar-refractivity contribution >= 4 is 23.5 Å². The smallest absolute Gasteiger partial charge is 0.337 e. The highest BCUT2D eigenvalue weighted by Gasteiger charge is 2.25. The number of nitrogens with zero attached hydrogens (tertiary/aromatic N) is 1. The minimum absolute atomic E-state index is 0.0101. The van der Waals surface area contributed by atoms with Gasteiger partial charge in [0.2, 0.25) is 5.91 Å². The molecule has 7 heteroatoms. The second-order valence-electron chi connectivity index (χ2n) is 5.90. The van der Waals surface area contributed by atoms with E-state index in [1.54, 1.807) is 48.5 Å². The van der Waals surface area contributed by atoms with Crippen molar-refractivity contribution in [2.75, 3.05) is 25.2 Å². The van der Waals surface area contributed by atoms with Gasteiger partial charge in [0.05, 0.1) is 31.4 Å². The topological polar surface area (TPSA) is 82.1 Å². The van der Waals surface area contributed by atoms with Gasteiger partial charge in [-0.25, -0.2) is 4.79 Å². The Balaban J connectivity index is 1.66. The molecule has 2 aromatic carbocycles. The summed E-state index contributed by atoms with van der Waals surface area (Å²) in [6.45, 7) is 0.0431. The summed E-state index contributed by atoms with van der Waals surface area (Å²) in [5.74, 6) is -0.662. The Labute approximate surface area is 156 Å². The summed E-state index contributed by atoms with van der Waals surface area (Å²) in [4.78, 5) is 37.5. The fourth-order valence-electron chi connectivity index (χ4n) is 2.74. The standard InChI is InChI=1S/C20H19NO6/c1-25-20(24)15-6-4-5-14(11-15)13-27-19(23)12-21-16-7-2-3-8-17(16)26-10-9-18(21)22/h2-8,11H,9-10,12-13H2,1H3. The fourth-order valence-corrected chi connectivity index (χ4v) is 2.74. The molecule has 1 aliphatic rings. The summed E-state index contributed by atoms with van der Waals surface area (Å²) in [6, 6.07) is 13.7. The second-order valence-corrected chi connectivity index (χ2v) is 5.90. The molecule has 0 saturated heterocycles. The molecule has 0 spiro atoms. The zero-order valence-corrected chi connectivity index (χ0v) is 14.8. The van der Waals surface area contributed by atoms with Crippen molar-refractivity contribution in [3.63, 3.8) is 0 Å². The fraction of sp³-hybridized carbons (Fsp3) is 0.250. The van der Waals surface area contributed by atoms with Crippen LogP contribution < -0.4 is 9.64 Å². The van der Waals surface area contributed by atoms with Gasteiger partial charge in [0, 0.05) is 0 Å². The van der Waals surface area contributed by atoms with Crippen LogP contribution in [0.15, 0.2) is 48.5 Å². The first-order chi connectivity index (χ1) is 13.1. The van der Waals surface area contributed by atoms with Gasteiger partial charge in [-0.2, -0.15) is 0 Å².